The summed E-state index contributed by atoms with van der Waals surface area (Å²) in [5.74, 6) is 3.42. The van der Waals surface area contributed by atoms with Crippen LogP contribution in [0.25, 0.3) is 0 Å². The standard InChI is InChI=1S/C34H36O7/c1-36-27-15-21(16-28(37-2)32(27)40-5)19-34(20-22-17-29(38-3)33(41-6)30(18-22)39-4)25-13-9-7-11-23(25)31(35)24-12-8-10-14-26(24)34/h7-18,31,35H,19-20H2,1-6H3. The molecule has 0 fully saturated rings. The summed E-state index contributed by atoms with van der Waals surface area (Å²) in [7, 11) is 9.67. The summed E-state index contributed by atoms with van der Waals surface area (Å²) >= 11 is 0. The number of ether oxygens (including phenoxy) is 6. The van der Waals surface area contributed by atoms with Crippen LogP contribution in [0.3, 0.4) is 0 Å². The van der Waals surface area contributed by atoms with Crippen LogP contribution in [0, 0.1) is 0 Å². The zero-order valence-corrected chi connectivity index (χ0v) is 24.3. The Morgan fingerprint density at radius 2 is 0.878 bits per heavy atom. The number of benzene rings is 4. The Morgan fingerprint density at radius 3 is 1.20 bits per heavy atom. The molecule has 0 heterocycles. The Hall–Kier alpha value is -4.36. The van der Waals surface area contributed by atoms with Gasteiger partial charge in [-0.2, -0.15) is 0 Å². The Morgan fingerprint density at radius 1 is 0.537 bits per heavy atom. The first kappa shape index (κ1) is 28.2. The van der Waals surface area contributed by atoms with Gasteiger partial charge in [-0.1, -0.05) is 48.5 Å². The lowest BCUT2D eigenvalue weighted by Crippen LogP contribution is -2.39. The van der Waals surface area contributed by atoms with Gasteiger partial charge in [0.2, 0.25) is 11.5 Å². The van der Waals surface area contributed by atoms with E-state index in [2.05, 4.69) is 12.1 Å². The SMILES string of the molecule is COc1cc(CC2(Cc3cc(OC)c(OC)c(OC)c3)c3ccccc3C(O)c3ccccc32)cc(OC)c1OC. The van der Waals surface area contributed by atoms with Gasteiger partial charge in [-0.3, -0.25) is 0 Å². The van der Waals surface area contributed by atoms with Gasteiger partial charge < -0.3 is 33.5 Å². The largest absolute Gasteiger partial charge is 0.493 e. The van der Waals surface area contributed by atoms with Crippen LogP contribution in [0.1, 0.15) is 39.5 Å². The second-order valence-electron chi connectivity index (χ2n) is 10.1. The van der Waals surface area contributed by atoms with Gasteiger partial charge in [0, 0.05) is 5.41 Å². The number of hydrogen-bond donors (Lipinski definition) is 1. The second kappa shape index (κ2) is 11.6. The maximum atomic E-state index is 11.5. The summed E-state index contributed by atoms with van der Waals surface area (Å²) in [5, 5.41) is 11.5. The molecule has 41 heavy (non-hydrogen) atoms. The van der Waals surface area contributed by atoms with Crippen LogP contribution >= 0.6 is 0 Å². The highest BCUT2D eigenvalue weighted by atomic mass is 16.5. The summed E-state index contributed by atoms with van der Waals surface area (Å²) in [6.45, 7) is 0. The lowest BCUT2D eigenvalue weighted by atomic mass is 9.60. The molecular formula is C34H36O7. The van der Waals surface area contributed by atoms with Crippen molar-refractivity contribution in [1.82, 2.24) is 0 Å². The normalized spacial score (nSPS) is 13.5. The molecule has 0 bridgehead atoms. The molecule has 214 valence electrons. The van der Waals surface area contributed by atoms with Gasteiger partial charge in [-0.05, 0) is 70.5 Å². The van der Waals surface area contributed by atoms with Crippen molar-refractivity contribution in [2.45, 2.75) is 24.4 Å². The highest BCUT2D eigenvalue weighted by Gasteiger charge is 2.44. The molecule has 0 amide bonds. The minimum atomic E-state index is -0.740. The fourth-order valence-electron chi connectivity index (χ4n) is 6.27. The van der Waals surface area contributed by atoms with E-state index in [9.17, 15) is 5.11 Å². The van der Waals surface area contributed by atoms with Gasteiger partial charge in [0.1, 0.15) is 6.10 Å². The van der Waals surface area contributed by atoms with Crippen molar-refractivity contribution in [2.75, 3.05) is 42.7 Å². The van der Waals surface area contributed by atoms with E-state index in [0.29, 0.717) is 47.3 Å². The number of aliphatic hydroxyl groups excluding tert-OH is 1. The number of hydrogen-bond acceptors (Lipinski definition) is 7. The van der Waals surface area contributed by atoms with Crippen molar-refractivity contribution < 1.29 is 33.5 Å². The van der Waals surface area contributed by atoms with E-state index >= 15 is 0 Å². The van der Waals surface area contributed by atoms with Crippen molar-refractivity contribution in [3.63, 3.8) is 0 Å². The third kappa shape index (κ3) is 4.80. The summed E-state index contributed by atoms with van der Waals surface area (Å²) in [5.41, 5.74) is 5.27. The molecule has 0 spiro atoms. The summed E-state index contributed by atoms with van der Waals surface area (Å²) in [6, 6.07) is 24.2. The molecule has 7 nitrogen and oxygen atoms in total. The first-order chi connectivity index (χ1) is 19.9. The molecule has 4 aromatic carbocycles. The molecule has 0 aliphatic heterocycles. The van der Waals surface area contributed by atoms with Crippen molar-refractivity contribution >= 4 is 0 Å². The molecule has 4 aromatic rings. The van der Waals surface area contributed by atoms with Crippen molar-refractivity contribution in [3.8, 4) is 34.5 Å². The lowest BCUT2D eigenvalue weighted by molar-refractivity contribution is 0.207. The van der Waals surface area contributed by atoms with Crippen molar-refractivity contribution in [1.29, 1.82) is 0 Å². The molecule has 0 atom stereocenters. The second-order valence-corrected chi connectivity index (χ2v) is 10.1. The molecule has 0 saturated heterocycles. The highest BCUT2D eigenvalue weighted by Crippen LogP contribution is 2.51. The van der Waals surface area contributed by atoms with Gasteiger partial charge in [0.15, 0.2) is 23.0 Å². The van der Waals surface area contributed by atoms with Crippen LogP contribution in [-0.2, 0) is 18.3 Å². The maximum absolute atomic E-state index is 11.5. The van der Waals surface area contributed by atoms with Crippen LogP contribution in [-0.4, -0.2) is 47.8 Å². The first-order valence-electron chi connectivity index (χ1n) is 13.4. The van der Waals surface area contributed by atoms with E-state index in [-0.39, 0.29) is 0 Å². The van der Waals surface area contributed by atoms with Crippen LogP contribution in [0.2, 0.25) is 0 Å². The van der Waals surface area contributed by atoms with Crippen molar-refractivity contribution in [3.05, 3.63) is 106 Å². The topological polar surface area (TPSA) is 75.6 Å². The smallest absolute Gasteiger partial charge is 0.203 e. The van der Waals surface area contributed by atoms with E-state index in [1.54, 1.807) is 42.7 Å². The molecular weight excluding hydrogens is 520 g/mol. The van der Waals surface area contributed by atoms with E-state index in [4.69, 9.17) is 28.4 Å². The average Bonchev–Trinajstić information content (AvgIpc) is 3.02. The van der Waals surface area contributed by atoms with Gasteiger partial charge in [0.25, 0.3) is 0 Å². The molecule has 0 aromatic heterocycles. The van der Waals surface area contributed by atoms with E-state index < -0.39 is 11.5 Å². The number of rotatable bonds is 10. The minimum Gasteiger partial charge on any atom is -0.493 e. The fraction of sp³-hybridized carbons (Fsp3) is 0.294. The zero-order chi connectivity index (χ0) is 29.1. The molecule has 0 unspecified atom stereocenters. The van der Waals surface area contributed by atoms with Crippen LogP contribution in [0.4, 0.5) is 0 Å². The number of methoxy groups -OCH3 is 6. The predicted molar refractivity (Wildman–Crippen MR) is 157 cm³/mol. The van der Waals surface area contributed by atoms with Gasteiger partial charge >= 0.3 is 0 Å². The molecule has 1 aliphatic carbocycles. The first-order valence-corrected chi connectivity index (χ1v) is 13.4. The predicted octanol–water partition coefficient (Wildman–Crippen LogP) is 5.90. The minimum absolute atomic E-state index is 0.539. The van der Waals surface area contributed by atoms with Crippen LogP contribution < -0.4 is 28.4 Å². The van der Waals surface area contributed by atoms with Gasteiger partial charge in [-0.15, -0.1) is 0 Å². The molecule has 5 rings (SSSR count). The lowest BCUT2D eigenvalue weighted by Gasteiger charge is -2.43. The molecule has 1 aliphatic rings. The third-order valence-corrected chi connectivity index (χ3v) is 8.00. The number of aliphatic hydroxyl groups is 1. The molecule has 1 N–H and O–H groups in total. The van der Waals surface area contributed by atoms with E-state index in [1.165, 1.54) is 0 Å². The molecule has 0 saturated carbocycles. The zero-order valence-electron chi connectivity index (χ0n) is 24.3. The average molecular weight is 557 g/mol. The van der Waals surface area contributed by atoms with Gasteiger partial charge in [0.05, 0.1) is 42.7 Å². The fourth-order valence-corrected chi connectivity index (χ4v) is 6.27. The Bertz CT molecular complexity index is 1380. The van der Waals surface area contributed by atoms with Gasteiger partial charge in [-0.25, -0.2) is 0 Å². The van der Waals surface area contributed by atoms with Crippen LogP contribution in [0.15, 0.2) is 72.8 Å². The number of fused-ring (bicyclic) bond motifs is 2. The third-order valence-electron chi connectivity index (χ3n) is 8.00. The molecule has 0 radical (unpaired) electrons. The highest BCUT2D eigenvalue weighted by molar-refractivity contribution is 5.61. The maximum Gasteiger partial charge on any atom is 0.203 e. The van der Waals surface area contributed by atoms with Crippen LogP contribution in [0.5, 0.6) is 34.5 Å². The summed E-state index contributed by atoms with van der Waals surface area (Å²) in [4.78, 5) is 0. The quantitative estimate of drug-likeness (QED) is 0.261. The van der Waals surface area contributed by atoms with E-state index in [0.717, 1.165) is 33.4 Å². The summed E-state index contributed by atoms with van der Waals surface area (Å²) in [6.07, 6.45) is 0.429. The Kier molecular flexibility index (Phi) is 7.99. The molecule has 7 heteroatoms. The Balaban J connectivity index is 1.79. The summed E-state index contributed by atoms with van der Waals surface area (Å²) < 4.78 is 34.0. The van der Waals surface area contributed by atoms with E-state index in [1.807, 2.05) is 60.7 Å². The monoisotopic (exact) mass is 556 g/mol. The van der Waals surface area contributed by atoms with Crippen molar-refractivity contribution in [2.24, 2.45) is 0 Å². The Labute approximate surface area is 241 Å².